The average Bonchev–Trinajstić information content (AvgIpc) is 2.88. The summed E-state index contributed by atoms with van der Waals surface area (Å²) in [5.74, 6) is 0. The van der Waals surface area contributed by atoms with E-state index in [0.29, 0.717) is 6.04 Å². The predicted octanol–water partition coefficient (Wildman–Crippen LogP) is 3.43. The highest BCUT2D eigenvalue weighted by atomic mass is 32.2. The largest absolute Gasteiger partial charge is 0.310 e. The Morgan fingerprint density at radius 2 is 2.10 bits per heavy atom. The second kappa shape index (κ2) is 7.50. The number of aromatic nitrogens is 2. The van der Waals surface area contributed by atoms with Crippen molar-refractivity contribution in [2.24, 2.45) is 7.05 Å². The van der Waals surface area contributed by atoms with E-state index in [4.69, 9.17) is 0 Å². The topological polar surface area (TPSA) is 29.9 Å². The molecule has 0 spiro atoms. The van der Waals surface area contributed by atoms with Crippen LogP contribution in [-0.2, 0) is 13.5 Å². The molecule has 0 amide bonds. The number of aryl methyl sites for hydroxylation is 1. The highest BCUT2D eigenvalue weighted by molar-refractivity contribution is 7.98. The Bertz CT molecular complexity index is 536. The normalized spacial score (nSPS) is 12.6. The minimum Gasteiger partial charge on any atom is -0.310 e. The molecule has 0 aliphatic rings. The van der Waals surface area contributed by atoms with E-state index in [0.717, 1.165) is 25.1 Å². The second-order valence-corrected chi connectivity index (χ2v) is 5.78. The van der Waals surface area contributed by atoms with E-state index in [1.165, 1.54) is 10.5 Å². The Labute approximate surface area is 125 Å². The van der Waals surface area contributed by atoms with Crippen LogP contribution in [0.25, 0.3) is 0 Å². The van der Waals surface area contributed by atoms with E-state index in [-0.39, 0.29) is 0 Å². The van der Waals surface area contributed by atoms with Crippen molar-refractivity contribution >= 4 is 11.8 Å². The standard InChI is InChI=1S/C16H23N3S/c1-4-10-17-15(12-13-9-11-19(2)18-13)14-7-5-6-8-16(14)20-3/h5-9,11,15,17H,4,10,12H2,1-3H3. The highest BCUT2D eigenvalue weighted by Gasteiger charge is 2.16. The van der Waals surface area contributed by atoms with Gasteiger partial charge in [-0.3, -0.25) is 4.68 Å². The summed E-state index contributed by atoms with van der Waals surface area (Å²) in [6.45, 7) is 3.23. The van der Waals surface area contributed by atoms with Crippen LogP contribution >= 0.6 is 11.8 Å². The molecule has 0 aliphatic carbocycles. The fourth-order valence-electron chi connectivity index (χ4n) is 2.35. The molecule has 1 atom stereocenters. The summed E-state index contributed by atoms with van der Waals surface area (Å²) in [7, 11) is 1.97. The predicted molar refractivity (Wildman–Crippen MR) is 86.2 cm³/mol. The fraction of sp³-hybridized carbons (Fsp3) is 0.438. The van der Waals surface area contributed by atoms with Gasteiger partial charge in [-0.25, -0.2) is 0 Å². The van der Waals surface area contributed by atoms with Crippen molar-refractivity contribution < 1.29 is 0 Å². The van der Waals surface area contributed by atoms with E-state index >= 15 is 0 Å². The molecule has 1 aromatic heterocycles. The van der Waals surface area contributed by atoms with Crippen molar-refractivity contribution in [1.29, 1.82) is 0 Å². The molecule has 2 aromatic rings. The van der Waals surface area contributed by atoms with Crippen LogP contribution < -0.4 is 5.32 Å². The minimum absolute atomic E-state index is 0.327. The molecule has 0 radical (unpaired) electrons. The molecular weight excluding hydrogens is 266 g/mol. The first-order chi connectivity index (χ1) is 9.74. The van der Waals surface area contributed by atoms with Crippen LogP contribution in [0.1, 0.15) is 30.6 Å². The Balaban J connectivity index is 2.22. The van der Waals surface area contributed by atoms with E-state index in [2.05, 4.69) is 53.9 Å². The van der Waals surface area contributed by atoms with Gasteiger partial charge in [-0.1, -0.05) is 25.1 Å². The third-order valence-corrected chi connectivity index (χ3v) is 4.15. The lowest BCUT2D eigenvalue weighted by Crippen LogP contribution is -2.24. The molecule has 1 N–H and O–H groups in total. The van der Waals surface area contributed by atoms with Crippen molar-refractivity contribution in [3.05, 3.63) is 47.8 Å². The van der Waals surface area contributed by atoms with E-state index in [9.17, 15) is 0 Å². The maximum Gasteiger partial charge on any atom is 0.0643 e. The summed E-state index contributed by atoms with van der Waals surface area (Å²) >= 11 is 1.81. The smallest absolute Gasteiger partial charge is 0.0643 e. The lowest BCUT2D eigenvalue weighted by Gasteiger charge is -2.20. The first-order valence-electron chi connectivity index (χ1n) is 7.09. The van der Waals surface area contributed by atoms with Gasteiger partial charge in [0.15, 0.2) is 0 Å². The van der Waals surface area contributed by atoms with Gasteiger partial charge in [-0.05, 0) is 36.9 Å². The molecule has 0 saturated carbocycles. The Morgan fingerprint density at radius 1 is 1.30 bits per heavy atom. The van der Waals surface area contributed by atoms with Gasteiger partial charge in [0.2, 0.25) is 0 Å². The first kappa shape index (κ1) is 15.1. The van der Waals surface area contributed by atoms with Gasteiger partial charge < -0.3 is 5.32 Å². The second-order valence-electron chi connectivity index (χ2n) is 4.93. The van der Waals surface area contributed by atoms with Crippen molar-refractivity contribution in [3.8, 4) is 0 Å². The van der Waals surface area contributed by atoms with Crippen LogP contribution in [0.15, 0.2) is 41.4 Å². The summed E-state index contributed by atoms with van der Waals surface area (Å²) in [6.07, 6.45) is 6.21. The zero-order valence-electron chi connectivity index (χ0n) is 12.5. The van der Waals surface area contributed by atoms with Crippen molar-refractivity contribution in [2.75, 3.05) is 12.8 Å². The number of thioether (sulfide) groups is 1. The maximum absolute atomic E-state index is 4.51. The minimum atomic E-state index is 0.327. The quantitative estimate of drug-likeness (QED) is 0.792. The molecule has 4 heteroatoms. The van der Waals surface area contributed by atoms with Crippen LogP contribution in [0.3, 0.4) is 0 Å². The number of rotatable bonds is 7. The van der Waals surface area contributed by atoms with Gasteiger partial charge in [0, 0.05) is 30.6 Å². The van der Waals surface area contributed by atoms with Crippen molar-refractivity contribution in [1.82, 2.24) is 15.1 Å². The molecule has 108 valence electrons. The van der Waals surface area contributed by atoms with E-state index in [1.54, 1.807) is 0 Å². The zero-order chi connectivity index (χ0) is 14.4. The summed E-state index contributed by atoms with van der Waals surface area (Å²) < 4.78 is 1.87. The van der Waals surface area contributed by atoms with Crippen molar-refractivity contribution in [2.45, 2.75) is 30.7 Å². The maximum atomic E-state index is 4.51. The van der Waals surface area contributed by atoms with Crippen LogP contribution in [0.4, 0.5) is 0 Å². The fourth-order valence-corrected chi connectivity index (χ4v) is 3.01. The molecule has 1 unspecified atom stereocenters. The van der Waals surface area contributed by atoms with Gasteiger partial charge in [-0.2, -0.15) is 5.10 Å². The average molecular weight is 289 g/mol. The highest BCUT2D eigenvalue weighted by Crippen LogP contribution is 2.27. The third kappa shape index (κ3) is 3.87. The van der Waals surface area contributed by atoms with Crippen LogP contribution in [0.5, 0.6) is 0 Å². The molecule has 1 heterocycles. The summed E-state index contributed by atoms with van der Waals surface area (Å²) in [6, 6.07) is 11.1. The van der Waals surface area contributed by atoms with Crippen molar-refractivity contribution in [3.63, 3.8) is 0 Å². The molecule has 20 heavy (non-hydrogen) atoms. The number of nitrogens with one attached hydrogen (secondary N) is 1. The Kier molecular flexibility index (Phi) is 5.68. The number of hydrogen-bond acceptors (Lipinski definition) is 3. The van der Waals surface area contributed by atoms with Crippen LogP contribution in [0, 0.1) is 0 Å². The van der Waals surface area contributed by atoms with E-state index in [1.807, 2.05) is 29.7 Å². The van der Waals surface area contributed by atoms with Gasteiger partial charge in [0.05, 0.1) is 5.69 Å². The van der Waals surface area contributed by atoms with Gasteiger partial charge in [-0.15, -0.1) is 11.8 Å². The Morgan fingerprint density at radius 3 is 2.75 bits per heavy atom. The first-order valence-corrected chi connectivity index (χ1v) is 8.32. The monoisotopic (exact) mass is 289 g/mol. The number of nitrogens with zero attached hydrogens (tertiary/aromatic N) is 2. The summed E-state index contributed by atoms with van der Waals surface area (Å²) in [5, 5.41) is 8.17. The molecular formula is C16H23N3S. The number of hydrogen-bond donors (Lipinski definition) is 1. The molecule has 0 aliphatic heterocycles. The summed E-state index contributed by atoms with van der Waals surface area (Å²) in [5.41, 5.74) is 2.51. The SMILES string of the molecule is CCCNC(Cc1ccn(C)n1)c1ccccc1SC. The van der Waals surface area contributed by atoms with Gasteiger partial charge in [0.25, 0.3) is 0 Å². The lowest BCUT2D eigenvalue weighted by molar-refractivity contribution is 0.515. The molecule has 3 nitrogen and oxygen atoms in total. The van der Waals surface area contributed by atoms with E-state index < -0.39 is 0 Å². The Hall–Kier alpha value is -1.26. The van der Waals surface area contributed by atoms with Gasteiger partial charge >= 0.3 is 0 Å². The molecule has 0 fully saturated rings. The van der Waals surface area contributed by atoms with Gasteiger partial charge in [0.1, 0.15) is 0 Å². The summed E-state index contributed by atoms with van der Waals surface area (Å²) in [4.78, 5) is 1.34. The molecule has 0 saturated heterocycles. The zero-order valence-corrected chi connectivity index (χ0v) is 13.3. The lowest BCUT2D eigenvalue weighted by atomic mass is 10.0. The molecule has 1 aromatic carbocycles. The molecule has 2 rings (SSSR count). The third-order valence-electron chi connectivity index (χ3n) is 3.34. The van der Waals surface area contributed by atoms with Crippen LogP contribution in [0.2, 0.25) is 0 Å². The molecule has 0 bridgehead atoms. The number of benzene rings is 1. The van der Waals surface area contributed by atoms with Crippen LogP contribution in [-0.4, -0.2) is 22.6 Å².